The molecule has 0 aliphatic heterocycles. The Labute approximate surface area is 133 Å². The highest BCUT2D eigenvalue weighted by molar-refractivity contribution is 5.67. The molecule has 0 atom stereocenters. The van der Waals surface area contributed by atoms with Crippen molar-refractivity contribution < 1.29 is 14.3 Å². The molecule has 0 saturated carbocycles. The van der Waals surface area contributed by atoms with Crippen LogP contribution in [0.15, 0.2) is 24.3 Å². The normalized spacial score (nSPS) is 11.3. The second-order valence-corrected chi connectivity index (χ2v) is 6.33. The third-order valence-corrected chi connectivity index (χ3v) is 2.96. The highest BCUT2D eigenvalue weighted by Gasteiger charge is 2.18. The number of methoxy groups -OCH3 is 1. The maximum atomic E-state index is 11.8. The molecular weight excluding hydrogens is 280 g/mol. The first-order chi connectivity index (χ1) is 10.3. The van der Waals surface area contributed by atoms with Crippen LogP contribution in [0.4, 0.5) is 4.79 Å². The SMILES string of the molecule is COCc1cccc(CNCCN(C)C(=O)OC(C)(C)C)c1. The molecule has 22 heavy (non-hydrogen) atoms. The lowest BCUT2D eigenvalue weighted by molar-refractivity contribution is 0.0300. The highest BCUT2D eigenvalue weighted by Crippen LogP contribution is 2.09. The third kappa shape index (κ3) is 7.43. The Hall–Kier alpha value is -1.59. The van der Waals surface area contributed by atoms with E-state index in [2.05, 4.69) is 17.4 Å². The molecule has 1 aromatic carbocycles. The van der Waals surface area contributed by atoms with E-state index in [1.165, 1.54) is 5.56 Å². The van der Waals surface area contributed by atoms with Gasteiger partial charge in [-0.05, 0) is 31.9 Å². The van der Waals surface area contributed by atoms with Gasteiger partial charge < -0.3 is 19.7 Å². The number of hydrogen-bond acceptors (Lipinski definition) is 4. The molecule has 1 aromatic rings. The van der Waals surface area contributed by atoms with Crippen LogP contribution in [-0.2, 0) is 22.6 Å². The van der Waals surface area contributed by atoms with Crippen molar-refractivity contribution in [2.24, 2.45) is 0 Å². The van der Waals surface area contributed by atoms with Crippen molar-refractivity contribution in [1.82, 2.24) is 10.2 Å². The van der Waals surface area contributed by atoms with Crippen LogP contribution in [0.1, 0.15) is 31.9 Å². The first-order valence-electron chi connectivity index (χ1n) is 7.53. The molecule has 0 spiro atoms. The zero-order valence-corrected chi connectivity index (χ0v) is 14.3. The highest BCUT2D eigenvalue weighted by atomic mass is 16.6. The summed E-state index contributed by atoms with van der Waals surface area (Å²) in [6.45, 7) is 8.30. The van der Waals surface area contributed by atoms with E-state index < -0.39 is 5.60 Å². The molecule has 5 heteroatoms. The van der Waals surface area contributed by atoms with Crippen LogP contribution in [0.25, 0.3) is 0 Å². The van der Waals surface area contributed by atoms with Crippen molar-refractivity contribution in [2.75, 3.05) is 27.2 Å². The number of likely N-dealkylation sites (N-methyl/N-ethyl adjacent to an activating group) is 1. The molecule has 0 aromatic heterocycles. The van der Waals surface area contributed by atoms with Crippen molar-refractivity contribution in [3.8, 4) is 0 Å². The molecule has 0 fully saturated rings. The van der Waals surface area contributed by atoms with Crippen LogP contribution in [0, 0.1) is 0 Å². The molecule has 1 amide bonds. The van der Waals surface area contributed by atoms with Gasteiger partial charge in [-0.25, -0.2) is 4.79 Å². The van der Waals surface area contributed by atoms with E-state index in [0.717, 1.165) is 12.1 Å². The maximum absolute atomic E-state index is 11.8. The summed E-state index contributed by atoms with van der Waals surface area (Å²) >= 11 is 0. The Morgan fingerprint density at radius 2 is 1.95 bits per heavy atom. The molecule has 0 aliphatic carbocycles. The zero-order chi connectivity index (χ0) is 16.6. The van der Waals surface area contributed by atoms with Gasteiger partial charge >= 0.3 is 6.09 Å². The van der Waals surface area contributed by atoms with Gasteiger partial charge in [0.25, 0.3) is 0 Å². The standard InChI is InChI=1S/C17H28N2O3/c1-17(2,3)22-16(20)19(4)10-9-18-12-14-7-6-8-15(11-14)13-21-5/h6-8,11,18H,9-10,12-13H2,1-5H3. The van der Waals surface area contributed by atoms with E-state index in [9.17, 15) is 4.79 Å². The monoisotopic (exact) mass is 308 g/mol. The van der Waals surface area contributed by atoms with Crippen LogP contribution in [-0.4, -0.2) is 43.8 Å². The van der Waals surface area contributed by atoms with Gasteiger partial charge in [-0.2, -0.15) is 0 Å². The van der Waals surface area contributed by atoms with Gasteiger partial charge in [0.1, 0.15) is 5.60 Å². The number of hydrogen-bond donors (Lipinski definition) is 1. The molecule has 0 saturated heterocycles. The molecule has 0 unspecified atom stereocenters. The number of nitrogens with zero attached hydrogens (tertiary/aromatic N) is 1. The molecule has 0 heterocycles. The maximum Gasteiger partial charge on any atom is 0.410 e. The molecule has 0 radical (unpaired) electrons. The van der Waals surface area contributed by atoms with E-state index in [-0.39, 0.29) is 6.09 Å². The number of carbonyl (C=O) groups excluding carboxylic acids is 1. The van der Waals surface area contributed by atoms with E-state index in [4.69, 9.17) is 9.47 Å². The first kappa shape index (κ1) is 18.5. The van der Waals surface area contributed by atoms with Crippen LogP contribution >= 0.6 is 0 Å². The Balaban J connectivity index is 2.30. The average molecular weight is 308 g/mol. The fourth-order valence-corrected chi connectivity index (χ4v) is 1.91. The zero-order valence-electron chi connectivity index (χ0n) is 14.3. The van der Waals surface area contributed by atoms with Gasteiger partial charge in [-0.1, -0.05) is 24.3 Å². The second-order valence-electron chi connectivity index (χ2n) is 6.33. The van der Waals surface area contributed by atoms with Gasteiger partial charge in [0.05, 0.1) is 6.61 Å². The number of benzene rings is 1. The summed E-state index contributed by atoms with van der Waals surface area (Å²) in [5.41, 5.74) is 1.91. The van der Waals surface area contributed by atoms with Crippen molar-refractivity contribution in [3.05, 3.63) is 35.4 Å². The molecule has 1 rings (SSSR count). The number of nitrogens with one attached hydrogen (secondary N) is 1. The number of ether oxygens (including phenoxy) is 2. The fourth-order valence-electron chi connectivity index (χ4n) is 1.91. The van der Waals surface area contributed by atoms with Crippen molar-refractivity contribution >= 4 is 6.09 Å². The van der Waals surface area contributed by atoms with Crippen LogP contribution in [0.5, 0.6) is 0 Å². The molecular formula is C17H28N2O3. The summed E-state index contributed by atoms with van der Waals surface area (Å²) in [5.74, 6) is 0. The van der Waals surface area contributed by atoms with Crippen LogP contribution < -0.4 is 5.32 Å². The minimum atomic E-state index is -0.458. The number of rotatable bonds is 7. The van der Waals surface area contributed by atoms with E-state index in [1.54, 1.807) is 19.1 Å². The smallest absolute Gasteiger partial charge is 0.410 e. The van der Waals surface area contributed by atoms with Gasteiger partial charge in [-0.15, -0.1) is 0 Å². The lowest BCUT2D eigenvalue weighted by Crippen LogP contribution is -2.37. The summed E-state index contributed by atoms with van der Waals surface area (Å²) in [7, 11) is 3.44. The Kier molecular flexibility index (Phi) is 7.35. The number of amides is 1. The summed E-state index contributed by atoms with van der Waals surface area (Å²) in [4.78, 5) is 13.4. The summed E-state index contributed by atoms with van der Waals surface area (Å²) in [5, 5.41) is 3.33. The quantitative estimate of drug-likeness (QED) is 0.787. The lowest BCUT2D eigenvalue weighted by Gasteiger charge is -2.24. The van der Waals surface area contributed by atoms with E-state index in [1.807, 2.05) is 32.9 Å². The molecule has 5 nitrogen and oxygen atoms in total. The van der Waals surface area contributed by atoms with Crippen LogP contribution in [0.3, 0.4) is 0 Å². The van der Waals surface area contributed by atoms with E-state index in [0.29, 0.717) is 19.7 Å². The Morgan fingerprint density at radius 1 is 1.27 bits per heavy atom. The topological polar surface area (TPSA) is 50.8 Å². The Morgan fingerprint density at radius 3 is 2.59 bits per heavy atom. The number of carbonyl (C=O) groups is 1. The summed E-state index contributed by atoms with van der Waals surface area (Å²) in [6.07, 6.45) is -0.295. The predicted octanol–water partition coefficient (Wildman–Crippen LogP) is 2.79. The molecule has 0 bridgehead atoms. The minimum Gasteiger partial charge on any atom is -0.444 e. The molecule has 0 aliphatic rings. The summed E-state index contributed by atoms with van der Waals surface area (Å²) in [6, 6.07) is 8.26. The largest absolute Gasteiger partial charge is 0.444 e. The minimum absolute atomic E-state index is 0.295. The van der Waals surface area contributed by atoms with E-state index >= 15 is 0 Å². The van der Waals surface area contributed by atoms with Crippen molar-refractivity contribution in [2.45, 2.75) is 39.5 Å². The molecule has 1 N–H and O–H groups in total. The van der Waals surface area contributed by atoms with Gasteiger partial charge in [0.2, 0.25) is 0 Å². The third-order valence-electron chi connectivity index (χ3n) is 2.96. The lowest BCUT2D eigenvalue weighted by atomic mass is 10.1. The van der Waals surface area contributed by atoms with Gasteiger partial charge in [-0.3, -0.25) is 0 Å². The first-order valence-corrected chi connectivity index (χ1v) is 7.53. The van der Waals surface area contributed by atoms with Crippen LogP contribution in [0.2, 0.25) is 0 Å². The fraction of sp³-hybridized carbons (Fsp3) is 0.588. The average Bonchev–Trinajstić information content (AvgIpc) is 2.42. The van der Waals surface area contributed by atoms with Crippen molar-refractivity contribution in [1.29, 1.82) is 0 Å². The van der Waals surface area contributed by atoms with Gasteiger partial charge in [0.15, 0.2) is 0 Å². The second kappa shape index (κ2) is 8.76. The predicted molar refractivity (Wildman–Crippen MR) is 87.7 cm³/mol. The Bertz CT molecular complexity index is 469. The van der Waals surface area contributed by atoms with Gasteiger partial charge in [0, 0.05) is 33.8 Å². The van der Waals surface area contributed by atoms with Crippen molar-refractivity contribution in [3.63, 3.8) is 0 Å². The summed E-state index contributed by atoms with van der Waals surface area (Å²) < 4.78 is 10.4. The molecule has 124 valence electrons.